The minimum absolute atomic E-state index is 0.218. The van der Waals surface area contributed by atoms with Crippen molar-refractivity contribution in [3.05, 3.63) is 71.8 Å². The van der Waals surface area contributed by atoms with Gasteiger partial charge in [0.15, 0.2) is 5.76 Å². The fourth-order valence-electron chi connectivity index (χ4n) is 1.53. The summed E-state index contributed by atoms with van der Waals surface area (Å²) >= 11 is 0. The predicted molar refractivity (Wildman–Crippen MR) is 67.1 cm³/mol. The third-order valence-corrected chi connectivity index (χ3v) is 2.52. The molecule has 2 aliphatic rings. The second-order valence-electron chi connectivity index (χ2n) is 3.80. The Labute approximate surface area is 100 Å². The van der Waals surface area contributed by atoms with Gasteiger partial charge in [-0.05, 0) is 36.0 Å². The Morgan fingerprint density at radius 3 is 2.71 bits per heavy atom. The normalized spacial score (nSPS) is 23.7. The molecule has 0 spiro atoms. The van der Waals surface area contributed by atoms with E-state index in [0.29, 0.717) is 0 Å². The van der Waals surface area contributed by atoms with Crippen LogP contribution in [-0.4, -0.2) is 22.8 Å². The van der Waals surface area contributed by atoms with Crippen LogP contribution in [0.2, 0.25) is 0 Å². The molecule has 2 rings (SSSR count). The third-order valence-electron chi connectivity index (χ3n) is 2.52. The fraction of sp³-hybridized carbons (Fsp3) is 0.0714. The van der Waals surface area contributed by atoms with Crippen molar-refractivity contribution in [2.24, 2.45) is 0 Å². The van der Waals surface area contributed by atoms with Gasteiger partial charge < -0.3 is 10.0 Å². The Morgan fingerprint density at radius 1 is 1.18 bits per heavy atom. The van der Waals surface area contributed by atoms with E-state index in [1.54, 1.807) is 6.08 Å². The number of aliphatic hydroxyl groups is 1. The molecule has 0 atom stereocenters. The number of carbonyl (C=O) groups excluding carboxylic acids is 1. The van der Waals surface area contributed by atoms with Gasteiger partial charge in [0.1, 0.15) is 0 Å². The molecule has 0 amide bonds. The highest BCUT2D eigenvalue weighted by Gasteiger charge is 2.08. The van der Waals surface area contributed by atoms with Crippen molar-refractivity contribution in [2.75, 3.05) is 7.05 Å². The number of hydrogen-bond acceptors (Lipinski definition) is 3. The van der Waals surface area contributed by atoms with Gasteiger partial charge in [-0.25, -0.2) is 0 Å². The summed E-state index contributed by atoms with van der Waals surface area (Å²) in [5, 5.41) is 9.30. The maximum Gasteiger partial charge on any atom is 0.220 e. The van der Waals surface area contributed by atoms with E-state index in [-0.39, 0.29) is 11.5 Å². The molecule has 3 nitrogen and oxygen atoms in total. The number of carbonyl (C=O) groups is 1. The molecule has 1 aliphatic carbocycles. The van der Waals surface area contributed by atoms with E-state index in [2.05, 4.69) is 0 Å². The lowest BCUT2D eigenvalue weighted by Crippen LogP contribution is -2.09. The second-order valence-corrected chi connectivity index (χ2v) is 3.80. The zero-order valence-corrected chi connectivity index (χ0v) is 9.50. The first-order valence-corrected chi connectivity index (χ1v) is 5.29. The molecule has 1 heterocycles. The molecule has 1 aliphatic heterocycles. The van der Waals surface area contributed by atoms with Crippen LogP contribution in [0.4, 0.5) is 0 Å². The topological polar surface area (TPSA) is 40.5 Å². The number of hydrogen-bond donors (Lipinski definition) is 1. The first-order valence-electron chi connectivity index (χ1n) is 5.29. The highest BCUT2D eigenvalue weighted by atomic mass is 16.3. The summed E-state index contributed by atoms with van der Waals surface area (Å²) in [6.45, 7) is 0. The largest absolute Gasteiger partial charge is 0.504 e. The van der Waals surface area contributed by atoms with Crippen LogP contribution in [0.3, 0.4) is 0 Å². The first-order chi connectivity index (χ1) is 8.16. The maximum absolute atomic E-state index is 11.0. The van der Waals surface area contributed by atoms with Gasteiger partial charge in [-0.1, -0.05) is 18.2 Å². The molecule has 3 heteroatoms. The Kier molecular flexibility index (Phi) is 3.10. The molecule has 0 aromatic rings. The fourth-order valence-corrected chi connectivity index (χ4v) is 1.53. The SMILES string of the molecule is CN1C=CC=C/C1=C\C=C1/C=CC(=O)C(O)=C1. The highest BCUT2D eigenvalue weighted by molar-refractivity contribution is 6.04. The van der Waals surface area contributed by atoms with Crippen molar-refractivity contribution < 1.29 is 9.90 Å². The Balaban J connectivity index is 2.19. The summed E-state index contributed by atoms with van der Waals surface area (Å²) in [6.07, 6.45) is 16.1. The van der Waals surface area contributed by atoms with E-state index < -0.39 is 0 Å². The van der Waals surface area contributed by atoms with Crippen molar-refractivity contribution in [2.45, 2.75) is 0 Å². The van der Waals surface area contributed by atoms with Gasteiger partial charge >= 0.3 is 0 Å². The molecule has 0 saturated heterocycles. The van der Waals surface area contributed by atoms with Gasteiger partial charge in [0.05, 0.1) is 0 Å². The average Bonchev–Trinajstić information content (AvgIpc) is 2.32. The van der Waals surface area contributed by atoms with Crippen molar-refractivity contribution >= 4 is 5.78 Å². The lowest BCUT2D eigenvalue weighted by molar-refractivity contribution is -0.113. The van der Waals surface area contributed by atoms with E-state index in [9.17, 15) is 9.90 Å². The zero-order valence-electron chi connectivity index (χ0n) is 9.50. The van der Waals surface area contributed by atoms with E-state index in [4.69, 9.17) is 0 Å². The molecular weight excluding hydrogens is 214 g/mol. The van der Waals surface area contributed by atoms with Crippen molar-refractivity contribution in [1.29, 1.82) is 0 Å². The van der Waals surface area contributed by atoms with Crippen LogP contribution in [0.25, 0.3) is 0 Å². The molecule has 0 fully saturated rings. The van der Waals surface area contributed by atoms with E-state index in [1.807, 2.05) is 48.5 Å². The molecule has 0 aromatic heterocycles. The minimum Gasteiger partial charge on any atom is -0.504 e. The number of ketones is 1. The molecule has 0 unspecified atom stereocenters. The van der Waals surface area contributed by atoms with Crippen LogP contribution in [0, 0.1) is 0 Å². The standard InChI is InChI=1S/C14H13NO2/c1-15-9-3-2-4-12(15)7-5-11-6-8-13(16)14(17)10-11/h2-10,17H,1H3/b11-5+,12-7+. The number of aliphatic hydroxyl groups excluding tert-OH is 1. The lowest BCUT2D eigenvalue weighted by atomic mass is 10.1. The molecule has 0 aromatic carbocycles. The predicted octanol–water partition coefficient (Wildman–Crippen LogP) is 2.39. The molecule has 0 bridgehead atoms. The molecule has 0 radical (unpaired) electrons. The van der Waals surface area contributed by atoms with E-state index >= 15 is 0 Å². The Morgan fingerprint density at radius 2 is 2.00 bits per heavy atom. The summed E-state index contributed by atoms with van der Waals surface area (Å²) < 4.78 is 0. The second kappa shape index (κ2) is 4.70. The lowest BCUT2D eigenvalue weighted by Gasteiger charge is -2.17. The number of rotatable bonds is 1. The third kappa shape index (κ3) is 2.64. The smallest absolute Gasteiger partial charge is 0.220 e. The molecule has 86 valence electrons. The number of allylic oxidation sites excluding steroid dienone is 9. The first kappa shape index (κ1) is 11.2. The van der Waals surface area contributed by atoms with Crippen LogP contribution in [0.5, 0.6) is 0 Å². The van der Waals surface area contributed by atoms with Crippen molar-refractivity contribution in [3.63, 3.8) is 0 Å². The minimum atomic E-state index is -0.354. The number of nitrogens with zero attached hydrogens (tertiary/aromatic N) is 1. The molecular formula is C14H13NO2. The van der Waals surface area contributed by atoms with Crippen molar-refractivity contribution in [3.8, 4) is 0 Å². The van der Waals surface area contributed by atoms with Crippen molar-refractivity contribution in [1.82, 2.24) is 4.90 Å². The van der Waals surface area contributed by atoms with Crippen LogP contribution in [0.1, 0.15) is 0 Å². The zero-order chi connectivity index (χ0) is 12.3. The van der Waals surface area contributed by atoms with E-state index in [1.165, 1.54) is 12.2 Å². The van der Waals surface area contributed by atoms with Crippen LogP contribution in [0.15, 0.2) is 71.8 Å². The van der Waals surface area contributed by atoms with Gasteiger partial charge in [0.2, 0.25) is 5.78 Å². The van der Waals surface area contributed by atoms with E-state index in [0.717, 1.165) is 11.3 Å². The van der Waals surface area contributed by atoms with Gasteiger partial charge in [0, 0.05) is 18.9 Å². The number of likely N-dealkylation sites (N-methyl/N-ethyl adjacent to an activating group) is 1. The summed E-state index contributed by atoms with van der Waals surface area (Å²) in [5.41, 5.74) is 1.84. The monoisotopic (exact) mass is 227 g/mol. The highest BCUT2D eigenvalue weighted by Crippen LogP contribution is 2.14. The molecule has 17 heavy (non-hydrogen) atoms. The average molecular weight is 227 g/mol. The van der Waals surface area contributed by atoms with Gasteiger partial charge in [-0.2, -0.15) is 0 Å². The quantitative estimate of drug-likeness (QED) is 0.747. The van der Waals surface area contributed by atoms with Gasteiger partial charge in [-0.15, -0.1) is 0 Å². The summed E-state index contributed by atoms with van der Waals surface area (Å²) in [6, 6.07) is 0. The van der Waals surface area contributed by atoms with Crippen LogP contribution < -0.4 is 0 Å². The Bertz CT molecular complexity index is 516. The molecule has 0 saturated carbocycles. The van der Waals surface area contributed by atoms with Gasteiger partial charge in [0.25, 0.3) is 0 Å². The van der Waals surface area contributed by atoms with Crippen LogP contribution in [-0.2, 0) is 4.79 Å². The summed E-state index contributed by atoms with van der Waals surface area (Å²) in [7, 11) is 1.96. The van der Waals surface area contributed by atoms with Crippen LogP contribution >= 0.6 is 0 Å². The summed E-state index contributed by atoms with van der Waals surface area (Å²) in [4.78, 5) is 13.0. The summed E-state index contributed by atoms with van der Waals surface area (Å²) in [5.74, 6) is -0.572. The van der Waals surface area contributed by atoms with Gasteiger partial charge in [-0.3, -0.25) is 4.79 Å². The maximum atomic E-state index is 11.0. The Hall–Kier alpha value is -2.29. The molecule has 1 N–H and O–H groups in total.